The predicted molar refractivity (Wildman–Crippen MR) is 106 cm³/mol. The van der Waals surface area contributed by atoms with Gasteiger partial charge in [0.05, 0.1) is 20.1 Å². The number of hydrogen-bond acceptors (Lipinski definition) is 5. The molecule has 0 aromatic heterocycles. The molecule has 6 atom stereocenters. The van der Waals surface area contributed by atoms with Crippen LogP contribution in [-0.2, 0) is 19.1 Å². The fourth-order valence-corrected chi connectivity index (χ4v) is 6.21. The van der Waals surface area contributed by atoms with Gasteiger partial charge in [-0.1, -0.05) is 32.4 Å². The minimum Gasteiger partial charge on any atom is -0.493 e. The van der Waals surface area contributed by atoms with Gasteiger partial charge in [0, 0.05) is 6.08 Å². The van der Waals surface area contributed by atoms with Crippen LogP contribution < -0.4 is 0 Å². The Morgan fingerprint density at radius 2 is 1.96 bits per heavy atom. The summed E-state index contributed by atoms with van der Waals surface area (Å²) in [5, 5.41) is 11.2. The highest BCUT2D eigenvalue weighted by molar-refractivity contribution is 6.05. The number of carbonyl (C=O) groups is 2. The van der Waals surface area contributed by atoms with Crippen LogP contribution in [-0.4, -0.2) is 36.7 Å². The largest absolute Gasteiger partial charge is 0.493 e. The molecule has 1 fully saturated rings. The van der Waals surface area contributed by atoms with Gasteiger partial charge in [-0.05, 0) is 61.7 Å². The summed E-state index contributed by atoms with van der Waals surface area (Å²) in [5.41, 5.74) is -0.615. The molecule has 156 valence electrons. The van der Waals surface area contributed by atoms with E-state index in [1.807, 2.05) is 0 Å². The van der Waals surface area contributed by atoms with Gasteiger partial charge < -0.3 is 14.6 Å². The van der Waals surface area contributed by atoms with Gasteiger partial charge in [-0.15, -0.1) is 0 Å². The van der Waals surface area contributed by atoms with Gasteiger partial charge in [0.15, 0.2) is 11.4 Å². The van der Waals surface area contributed by atoms with Gasteiger partial charge in [0.1, 0.15) is 0 Å². The third-order valence-corrected chi connectivity index (χ3v) is 8.41. The second-order valence-electron chi connectivity index (χ2n) is 9.53. The first kappa shape index (κ1) is 21.1. The molecule has 28 heavy (non-hydrogen) atoms. The van der Waals surface area contributed by atoms with Crippen molar-refractivity contribution >= 4 is 11.8 Å². The number of rotatable bonds is 4. The maximum atomic E-state index is 13.0. The van der Waals surface area contributed by atoms with E-state index >= 15 is 0 Å². The van der Waals surface area contributed by atoms with E-state index in [0.29, 0.717) is 18.3 Å². The summed E-state index contributed by atoms with van der Waals surface area (Å²) in [5.74, 6) is -1.15. The summed E-state index contributed by atoms with van der Waals surface area (Å²) in [6.45, 7) is 9.05. The Morgan fingerprint density at radius 1 is 1.29 bits per heavy atom. The monoisotopic (exact) mass is 390 g/mol. The smallest absolute Gasteiger partial charge is 0.342 e. The summed E-state index contributed by atoms with van der Waals surface area (Å²) >= 11 is 0. The number of Topliss-reactive ketones (excluding diaryl/α,β-unsaturated/α-hetero) is 1. The van der Waals surface area contributed by atoms with E-state index in [1.165, 1.54) is 25.9 Å². The average Bonchev–Trinajstić information content (AvgIpc) is 2.91. The first-order chi connectivity index (χ1) is 13.0. The van der Waals surface area contributed by atoms with Gasteiger partial charge in [-0.2, -0.15) is 0 Å². The molecule has 0 bridgehead atoms. The summed E-state index contributed by atoms with van der Waals surface area (Å²) in [6, 6.07) is 0. The lowest BCUT2D eigenvalue weighted by Crippen LogP contribution is -2.54. The summed E-state index contributed by atoms with van der Waals surface area (Å²) < 4.78 is 10.0. The number of methoxy groups -OCH3 is 2. The van der Waals surface area contributed by atoms with Crippen molar-refractivity contribution in [2.45, 2.75) is 65.4 Å². The molecule has 0 heterocycles. The molecule has 0 amide bonds. The standard InChI is InChI=1S/C23H34O5/c1-14-8-7-9-18-21(14,3)11-10-15(2)22(18,4)12-16-19(24)17(27-5)13-23(16,26)20(25)28-6/h8,13,15-16,18,26H,7,9-12H2,1-6H3. The molecule has 0 aromatic carbocycles. The number of fused-ring (bicyclic) bond motifs is 1. The van der Waals surface area contributed by atoms with Gasteiger partial charge in [-0.3, -0.25) is 4.79 Å². The zero-order chi connectivity index (χ0) is 20.9. The molecular formula is C23H34O5. The summed E-state index contributed by atoms with van der Waals surface area (Å²) in [6.07, 6.45) is 8.34. The van der Waals surface area contributed by atoms with Crippen LogP contribution >= 0.6 is 0 Å². The van der Waals surface area contributed by atoms with Crippen molar-refractivity contribution < 1.29 is 24.2 Å². The van der Waals surface area contributed by atoms with Crippen LogP contribution in [0, 0.1) is 28.6 Å². The molecule has 1 saturated carbocycles. The zero-order valence-corrected chi connectivity index (χ0v) is 18.0. The Hall–Kier alpha value is -1.62. The normalized spacial score (nSPS) is 43.1. The highest BCUT2D eigenvalue weighted by Gasteiger charge is 2.60. The van der Waals surface area contributed by atoms with Crippen molar-refractivity contribution in [3.05, 3.63) is 23.5 Å². The summed E-state index contributed by atoms with van der Waals surface area (Å²) in [4.78, 5) is 25.5. The molecule has 5 heteroatoms. The molecule has 0 saturated heterocycles. The molecule has 1 N–H and O–H groups in total. The lowest BCUT2D eigenvalue weighted by atomic mass is 9.46. The second kappa shape index (κ2) is 7.01. The first-order valence-electron chi connectivity index (χ1n) is 10.3. The molecule has 3 aliphatic rings. The van der Waals surface area contributed by atoms with Gasteiger partial charge in [-0.25, -0.2) is 4.79 Å². The minimum absolute atomic E-state index is 0.0486. The van der Waals surface area contributed by atoms with Crippen LogP contribution in [0.5, 0.6) is 0 Å². The van der Waals surface area contributed by atoms with Crippen molar-refractivity contribution in [1.82, 2.24) is 0 Å². The average molecular weight is 391 g/mol. The van der Waals surface area contributed by atoms with Crippen molar-refractivity contribution in [2.24, 2.45) is 28.6 Å². The van der Waals surface area contributed by atoms with E-state index in [1.54, 1.807) is 0 Å². The van der Waals surface area contributed by atoms with Gasteiger partial charge in [0.2, 0.25) is 5.78 Å². The lowest BCUT2D eigenvalue weighted by Gasteiger charge is -2.58. The lowest BCUT2D eigenvalue weighted by molar-refractivity contribution is -0.166. The predicted octanol–water partition coefficient (Wildman–Crippen LogP) is 3.81. The van der Waals surface area contributed by atoms with Crippen LogP contribution in [0.2, 0.25) is 0 Å². The molecular weight excluding hydrogens is 356 g/mol. The fraction of sp³-hybridized carbons (Fsp3) is 0.739. The van der Waals surface area contributed by atoms with E-state index in [4.69, 9.17) is 9.47 Å². The second-order valence-corrected chi connectivity index (χ2v) is 9.53. The van der Waals surface area contributed by atoms with Crippen molar-refractivity contribution in [2.75, 3.05) is 14.2 Å². The van der Waals surface area contributed by atoms with E-state index in [0.717, 1.165) is 25.7 Å². The number of carbonyl (C=O) groups excluding carboxylic acids is 2. The summed E-state index contributed by atoms with van der Waals surface area (Å²) in [7, 11) is 2.62. The Balaban J connectivity index is 2.01. The molecule has 3 rings (SSSR count). The molecule has 3 aliphatic carbocycles. The fourth-order valence-electron chi connectivity index (χ4n) is 6.21. The van der Waals surface area contributed by atoms with Crippen molar-refractivity contribution in [1.29, 1.82) is 0 Å². The first-order valence-corrected chi connectivity index (χ1v) is 10.3. The zero-order valence-electron chi connectivity index (χ0n) is 18.0. The Kier molecular flexibility index (Phi) is 5.28. The Morgan fingerprint density at radius 3 is 2.57 bits per heavy atom. The molecule has 6 unspecified atom stereocenters. The molecule has 0 radical (unpaired) electrons. The Bertz CT molecular complexity index is 737. The maximum Gasteiger partial charge on any atom is 0.342 e. The van der Waals surface area contributed by atoms with E-state index in [-0.39, 0.29) is 22.4 Å². The Labute approximate surface area is 168 Å². The minimum atomic E-state index is -1.96. The van der Waals surface area contributed by atoms with Crippen LogP contribution in [0.4, 0.5) is 0 Å². The van der Waals surface area contributed by atoms with Crippen LogP contribution in [0.3, 0.4) is 0 Å². The van der Waals surface area contributed by atoms with Crippen LogP contribution in [0.25, 0.3) is 0 Å². The van der Waals surface area contributed by atoms with Crippen LogP contribution in [0.1, 0.15) is 59.8 Å². The third-order valence-electron chi connectivity index (χ3n) is 8.41. The van der Waals surface area contributed by atoms with Crippen LogP contribution in [0.15, 0.2) is 23.5 Å². The maximum absolute atomic E-state index is 13.0. The number of esters is 1. The topological polar surface area (TPSA) is 72.8 Å². The third kappa shape index (κ3) is 2.85. The van der Waals surface area contributed by atoms with E-state index in [2.05, 4.69) is 33.8 Å². The van der Waals surface area contributed by atoms with Gasteiger partial charge in [0.25, 0.3) is 0 Å². The van der Waals surface area contributed by atoms with Crippen molar-refractivity contribution in [3.63, 3.8) is 0 Å². The quantitative estimate of drug-likeness (QED) is 0.584. The van der Waals surface area contributed by atoms with Gasteiger partial charge >= 0.3 is 5.97 Å². The number of aliphatic hydroxyl groups is 1. The molecule has 0 aromatic rings. The highest BCUT2D eigenvalue weighted by Crippen LogP contribution is 2.63. The number of allylic oxidation sites excluding steroid dienone is 3. The number of hydrogen-bond donors (Lipinski definition) is 1. The molecule has 0 aliphatic heterocycles. The molecule has 5 nitrogen and oxygen atoms in total. The number of ketones is 1. The SMILES string of the molecule is COC(=O)C1(O)C=C(OC)C(=O)C1CC1(C)C(C)CCC2(C)C(C)=CCCC21. The van der Waals surface area contributed by atoms with E-state index < -0.39 is 17.5 Å². The van der Waals surface area contributed by atoms with E-state index in [9.17, 15) is 14.7 Å². The highest BCUT2D eigenvalue weighted by atomic mass is 16.5. The number of ether oxygens (including phenoxy) is 2. The molecule has 0 spiro atoms. The van der Waals surface area contributed by atoms with Crippen molar-refractivity contribution in [3.8, 4) is 0 Å².